The number of benzene rings is 1. The van der Waals surface area contributed by atoms with Gasteiger partial charge in [0.2, 0.25) is 0 Å². The topological polar surface area (TPSA) is 57.6 Å². The molecule has 1 saturated heterocycles. The maximum atomic E-state index is 12.6. The van der Waals surface area contributed by atoms with Crippen LogP contribution < -0.4 is 0 Å². The van der Waals surface area contributed by atoms with Crippen LogP contribution in [0.2, 0.25) is 5.02 Å². The first-order chi connectivity index (χ1) is 13.0. The molecule has 1 aromatic heterocycles. The minimum atomic E-state index is -0.827. The number of amides is 1. The van der Waals surface area contributed by atoms with Crippen LogP contribution >= 0.6 is 46.9 Å². The van der Waals surface area contributed by atoms with Gasteiger partial charge >= 0.3 is 5.97 Å². The van der Waals surface area contributed by atoms with E-state index in [0.717, 1.165) is 15.3 Å². The number of hydrogen-bond acceptors (Lipinski definition) is 5. The van der Waals surface area contributed by atoms with Crippen molar-refractivity contribution in [2.24, 2.45) is 0 Å². The summed E-state index contributed by atoms with van der Waals surface area (Å²) in [6, 6.07) is 11.6. The summed E-state index contributed by atoms with van der Waals surface area (Å²) in [5.74, 6) is -0.944. The maximum Gasteiger partial charge on any atom is 0.303 e. The number of nitrogens with zero attached hydrogens (tertiary/aromatic N) is 1. The van der Waals surface area contributed by atoms with Gasteiger partial charge in [-0.05, 0) is 37.1 Å². The van der Waals surface area contributed by atoms with Gasteiger partial charge in [0, 0.05) is 33.3 Å². The third-order valence-electron chi connectivity index (χ3n) is 3.94. The average molecular weight is 438 g/mol. The summed E-state index contributed by atoms with van der Waals surface area (Å²) < 4.78 is 0.518. The fourth-order valence-corrected chi connectivity index (χ4v) is 5.26. The van der Waals surface area contributed by atoms with E-state index in [0.29, 0.717) is 33.6 Å². The molecular formula is C19H16ClNO3S3. The Morgan fingerprint density at radius 3 is 2.74 bits per heavy atom. The standard InChI is InChI=1S/C19H16ClNO3S3/c20-14-6-2-1-5-13(14)15-9-8-12(26-15)11-16-18(24)21(19(25)27-16)10-4-3-7-17(22)23/h1-2,5-6,8-9,11H,3-4,7,10H2,(H,22,23)/b16-11-. The molecule has 0 bridgehead atoms. The SMILES string of the molecule is O=C(O)CCCCN1C(=O)/C(=C/c2ccc(-c3ccccc3Cl)s2)SC1=S. The molecule has 1 aliphatic rings. The molecule has 1 amide bonds. The van der Waals surface area contributed by atoms with Crippen molar-refractivity contribution in [2.75, 3.05) is 6.54 Å². The van der Waals surface area contributed by atoms with Crippen LogP contribution in [0.3, 0.4) is 0 Å². The van der Waals surface area contributed by atoms with Crippen molar-refractivity contribution in [3.05, 3.63) is 51.2 Å². The zero-order valence-electron chi connectivity index (χ0n) is 14.2. The molecule has 0 spiro atoms. The second-order valence-corrected chi connectivity index (χ2v) is 9.06. The van der Waals surface area contributed by atoms with E-state index >= 15 is 0 Å². The number of halogens is 1. The highest BCUT2D eigenvalue weighted by Crippen LogP contribution is 2.37. The van der Waals surface area contributed by atoms with Gasteiger partial charge in [-0.15, -0.1) is 11.3 Å². The number of thiophene rings is 1. The van der Waals surface area contributed by atoms with Crippen molar-refractivity contribution in [1.82, 2.24) is 4.90 Å². The number of rotatable bonds is 7. The Kier molecular flexibility index (Phi) is 6.70. The number of carbonyl (C=O) groups is 2. The molecule has 3 rings (SSSR count). The number of carbonyl (C=O) groups excluding carboxylic acids is 1. The Labute approximate surface area is 175 Å². The molecule has 0 unspecified atom stereocenters. The Bertz CT molecular complexity index is 922. The molecule has 1 aliphatic heterocycles. The van der Waals surface area contributed by atoms with Crippen molar-refractivity contribution in [1.29, 1.82) is 0 Å². The van der Waals surface area contributed by atoms with E-state index in [4.69, 9.17) is 28.9 Å². The van der Waals surface area contributed by atoms with Gasteiger partial charge in [0.15, 0.2) is 0 Å². The average Bonchev–Trinajstić information content (AvgIpc) is 3.18. The van der Waals surface area contributed by atoms with Crippen LogP contribution in [0, 0.1) is 0 Å². The first-order valence-corrected chi connectivity index (χ1v) is 10.7. The lowest BCUT2D eigenvalue weighted by Gasteiger charge is -2.13. The molecule has 4 nitrogen and oxygen atoms in total. The van der Waals surface area contributed by atoms with Crippen LogP contribution in [0.1, 0.15) is 24.1 Å². The second kappa shape index (κ2) is 9.01. The summed E-state index contributed by atoms with van der Waals surface area (Å²) in [6.45, 7) is 0.449. The zero-order chi connectivity index (χ0) is 19.4. The molecule has 2 aromatic rings. The molecule has 1 N–H and O–H groups in total. The van der Waals surface area contributed by atoms with E-state index < -0.39 is 5.97 Å². The summed E-state index contributed by atoms with van der Waals surface area (Å²) in [5.41, 5.74) is 0.967. The third-order valence-corrected chi connectivity index (χ3v) is 6.71. The number of unbranched alkanes of at least 4 members (excludes halogenated alkanes) is 1. The highest BCUT2D eigenvalue weighted by atomic mass is 35.5. The largest absolute Gasteiger partial charge is 0.481 e. The molecule has 0 saturated carbocycles. The van der Waals surface area contributed by atoms with Gasteiger partial charge in [0.1, 0.15) is 4.32 Å². The second-order valence-electron chi connectivity index (χ2n) is 5.87. The summed E-state index contributed by atoms with van der Waals surface area (Å²) in [5, 5.41) is 9.38. The predicted octanol–water partition coefficient (Wildman–Crippen LogP) is 5.52. The van der Waals surface area contributed by atoms with Gasteiger partial charge in [-0.3, -0.25) is 14.5 Å². The summed E-state index contributed by atoms with van der Waals surface area (Å²) >= 11 is 14.4. The molecule has 0 atom stereocenters. The van der Waals surface area contributed by atoms with E-state index in [-0.39, 0.29) is 12.3 Å². The number of thiocarbonyl (C=S) groups is 1. The quantitative estimate of drug-likeness (QED) is 0.351. The lowest BCUT2D eigenvalue weighted by atomic mass is 10.2. The Hall–Kier alpha value is -1.67. The van der Waals surface area contributed by atoms with Gasteiger partial charge in [-0.2, -0.15) is 0 Å². The first-order valence-electron chi connectivity index (χ1n) is 8.27. The minimum absolute atomic E-state index is 0.102. The molecule has 0 aliphatic carbocycles. The molecule has 140 valence electrons. The highest BCUT2D eigenvalue weighted by Gasteiger charge is 2.31. The fourth-order valence-electron chi connectivity index (χ4n) is 2.60. The molecule has 2 heterocycles. The van der Waals surface area contributed by atoms with E-state index in [9.17, 15) is 9.59 Å². The molecule has 0 radical (unpaired) electrons. The van der Waals surface area contributed by atoms with Gasteiger partial charge in [0.25, 0.3) is 5.91 Å². The van der Waals surface area contributed by atoms with Gasteiger partial charge < -0.3 is 5.11 Å². The lowest BCUT2D eigenvalue weighted by Crippen LogP contribution is -2.29. The maximum absolute atomic E-state index is 12.6. The number of aliphatic carboxylic acids is 1. The number of carboxylic acid groups (broad SMARTS) is 1. The molecular weight excluding hydrogens is 422 g/mol. The summed E-state index contributed by atoms with van der Waals surface area (Å²) in [6.07, 6.45) is 3.09. The lowest BCUT2D eigenvalue weighted by molar-refractivity contribution is -0.137. The third kappa shape index (κ3) is 4.99. The van der Waals surface area contributed by atoms with Crippen LogP contribution in [-0.2, 0) is 9.59 Å². The van der Waals surface area contributed by atoms with Crippen molar-refractivity contribution in [3.63, 3.8) is 0 Å². The molecule has 1 aromatic carbocycles. The highest BCUT2D eigenvalue weighted by molar-refractivity contribution is 8.26. The van der Waals surface area contributed by atoms with Crippen LogP contribution in [0.5, 0.6) is 0 Å². The molecule has 8 heteroatoms. The van der Waals surface area contributed by atoms with Crippen molar-refractivity contribution >= 4 is 69.2 Å². The number of carboxylic acids is 1. The first kappa shape index (κ1) is 20.1. The van der Waals surface area contributed by atoms with E-state index in [1.54, 1.807) is 16.2 Å². The number of hydrogen-bond donors (Lipinski definition) is 1. The van der Waals surface area contributed by atoms with E-state index in [2.05, 4.69) is 0 Å². The van der Waals surface area contributed by atoms with Crippen molar-refractivity contribution in [3.8, 4) is 10.4 Å². The van der Waals surface area contributed by atoms with Gasteiger partial charge in [-0.25, -0.2) is 0 Å². The van der Waals surface area contributed by atoms with Crippen molar-refractivity contribution in [2.45, 2.75) is 19.3 Å². The predicted molar refractivity (Wildman–Crippen MR) is 116 cm³/mol. The Balaban J connectivity index is 1.69. The molecule has 27 heavy (non-hydrogen) atoms. The van der Waals surface area contributed by atoms with Crippen LogP contribution in [-0.4, -0.2) is 32.7 Å². The Morgan fingerprint density at radius 1 is 1.22 bits per heavy atom. The van der Waals surface area contributed by atoms with Crippen LogP contribution in [0.4, 0.5) is 0 Å². The normalized spacial score (nSPS) is 15.7. The monoisotopic (exact) mass is 437 g/mol. The van der Waals surface area contributed by atoms with E-state index in [1.165, 1.54) is 11.8 Å². The summed E-state index contributed by atoms with van der Waals surface area (Å²) in [4.78, 5) is 27.3. The smallest absolute Gasteiger partial charge is 0.303 e. The molecule has 1 fully saturated rings. The van der Waals surface area contributed by atoms with Crippen molar-refractivity contribution < 1.29 is 14.7 Å². The van der Waals surface area contributed by atoms with Crippen LogP contribution in [0.15, 0.2) is 41.3 Å². The van der Waals surface area contributed by atoms with Crippen LogP contribution in [0.25, 0.3) is 16.5 Å². The number of thioether (sulfide) groups is 1. The van der Waals surface area contributed by atoms with Gasteiger partial charge in [-0.1, -0.05) is 53.8 Å². The fraction of sp³-hybridized carbons (Fsp3) is 0.211. The Morgan fingerprint density at radius 2 is 2.00 bits per heavy atom. The van der Waals surface area contributed by atoms with E-state index in [1.807, 2.05) is 42.5 Å². The zero-order valence-corrected chi connectivity index (χ0v) is 17.4. The minimum Gasteiger partial charge on any atom is -0.481 e. The van der Waals surface area contributed by atoms with Gasteiger partial charge in [0.05, 0.1) is 4.91 Å². The summed E-state index contributed by atoms with van der Waals surface area (Å²) in [7, 11) is 0.